The van der Waals surface area contributed by atoms with Gasteiger partial charge in [-0.3, -0.25) is 4.90 Å². The Morgan fingerprint density at radius 2 is 2.33 bits per heavy atom. The zero-order valence-corrected chi connectivity index (χ0v) is 12.5. The van der Waals surface area contributed by atoms with Crippen LogP contribution in [0.1, 0.15) is 36.8 Å². The number of carbonyl (C=O) groups excluding carboxylic acids is 1. The van der Waals surface area contributed by atoms with Crippen molar-refractivity contribution in [3.05, 3.63) is 35.5 Å². The SMILES string of the molecule is CCCN1C[C@H](C=O)C[C@@H]2c3cccc4[nH]cc(c34)C[C@H]21. The van der Waals surface area contributed by atoms with E-state index in [4.69, 9.17) is 0 Å². The van der Waals surface area contributed by atoms with E-state index in [0.29, 0.717) is 12.0 Å². The molecule has 110 valence electrons. The van der Waals surface area contributed by atoms with Gasteiger partial charge in [0.1, 0.15) is 6.29 Å². The number of fused-ring (bicyclic) bond motifs is 2. The Hall–Kier alpha value is -1.61. The molecule has 1 aliphatic heterocycles. The highest BCUT2D eigenvalue weighted by atomic mass is 16.1. The molecule has 1 aliphatic carbocycles. The number of rotatable bonds is 3. The van der Waals surface area contributed by atoms with Crippen molar-refractivity contribution >= 4 is 17.2 Å². The molecule has 1 N–H and O–H groups in total. The van der Waals surface area contributed by atoms with Gasteiger partial charge < -0.3 is 9.78 Å². The number of benzene rings is 1. The van der Waals surface area contributed by atoms with Crippen LogP contribution in [-0.2, 0) is 11.2 Å². The van der Waals surface area contributed by atoms with Gasteiger partial charge in [0.15, 0.2) is 0 Å². The molecule has 21 heavy (non-hydrogen) atoms. The van der Waals surface area contributed by atoms with E-state index in [0.717, 1.165) is 32.4 Å². The molecule has 3 nitrogen and oxygen atoms in total. The van der Waals surface area contributed by atoms with Gasteiger partial charge in [0.2, 0.25) is 0 Å². The number of likely N-dealkylation sites (tertiary alicyclic amines) is 1. The first kappa shape index (κ1) is 13.1. The molecule has 2 aromatic rings. The van der Waals surface area contributed by atoms with Crippen molar-refractivity contribution in [2.45, 2.75) is 38.1 Å². The van der Waals surface area contributed by atoms with Gasteiger partial charge in [-0.1, -0.05) is 19.1 Å². The fourth-order valence-corrected chi connectivity index (χ4v) is 4.48. The Morgan fingerprint density at radius 3 is 3.14 bits per heavy atom. The summed E-state index contributed by atoms with van der Waals surface area (Å²) >= 11 is 0. The van der Waals surface area contributed by atoms with Crippen LogP contribution >= 0.6 is 0 Å². The zero-order valence-electron chi connectivity index (χ0n) is 12.5. The maximum Gasteiger partial charge on any atom is 0.124 e. The molecule has 1 aromatic carbocycles. The van der Waals surface area contributed by atoms with Crippen LogP contribution in [0.5, 0.6) is 0 Å². The van der Waals surface area contributed by atoms with Crippen molar-refractivity contribution in [3.8, 4) is 0 Å². The Bertz CT molecular complexity index is 675. The summed E-state index contributed by atoms with van der Waals surface area (Å²) in [6, 6.07) is 7.14. The number of aldehydes is 1. The van der Waals surface area contributed by atoms with E-state index in [1.807, 2.05) is 0 Å². The van der Waals surface area contributed by atoms with Crippen molar-refractivity contribution < 1.29 is 4.79 Å². The maximum absolute atomic E-state index is 11.4. The third-order valence-corrected chi connectivity index (χ3v) is 5.31. The summed E-state index contributed by atoms with van der Waals surface area (Å²) in [4.78, 5) is 17.4. The number of H-pyrrole nitrogens is 1. The Morgan fingerprint density at radius 1 is 1.43 bits per heavy atom. The average Bonchev–Trinajstić information content (AvgIpc) is 2.93. The predicted molar refractivity (Wildman–Crippen MR) is 84.6 cm³/mol. The number of hydrogen-bond acceptors (Lipinski definition) is 2. The molecule has 0 amide bonds. The zero-order chi connectivity index (χ0) is 14.4. The van der Waals surface area contributed by atoms with Gasteiger partial charge in [-0.25, -0.2) is 0 Å². The number of hydrogen-bond donors (Lipinski definition) is 1. The van der Waals surface area contributed by atoms with Crippen molar-refractivity contribution in [1.29, 1.82) is 0 Å². The molecule has 2 aliphatic rings. The van der Waals surface area contributed by atoms with Crippen LogP contribution in [-0.4, -0.2) is 35.3 Å². The molecule has 3 atom stereocenters. The van der Waals surface area contributed by atoms with E-state index in [9.17, 15) is 4.79 Å². The second kappa shape index (κ2) is 4.99. The van der Waals surface area contributed by atoms with Crippen molar-refractivity contribution in [2.75, 3.05) is 13.1 Å². The second-order valence-electron chi connectivity index (χ2n) is 6.59. The largest absolute Gasteiger partial charge is 0.361 e. The van der Waals surface area contributed by atoms with E-state index in [2.05, 4.69) is 41.2 Å². The molecule has 1 fully saturated rings. The monoisotopic (exact) mass is 282 g/mol. The first-order valence-corrected chi connectivity index (χ1v) is 8.10. The Kier molecular flexibility index (Phi) is 3.11. The highest BCUT2D eigenvalue weighted by molar-refractivity contribution is 5.88. The summed E-state index contributed by atoms with van der Waals surface area (Å²) in [7, 11) is 0. The number of aromatic nitrogens is 1. The van der Waals surface area contributed by atoms with Crippen molar-refractivity contribution in [1.82, 2.24) is 9.88 Å². The van der Waals surface area contributed by atoms with E-state index in [1.54, 1.807) is 0 Å². The van der Waals surface area contributed by atoms with Crippen molar-refractivity contribution in [3.63, 3.8) is 0 Å². The van der Waals surface area contributed by atoms with Crippen LogP contribution in [0.25, 0.3) is 10.9 Å². The smallest absolute Gasteiger partial charge is 0.124 e. The summed E-state index contributed by atoms with van der Waals surface area (Å²) in [5.74, 6) is 0.695. The Labute approximate surface area is 125 Å². The number of nitrogens with zero attached hydrogens (tertiary/aromatic N) is 1. The second-order valence-corrected chi connectivity index (χ2v) is 6.59. The highest BCUT2D eigenvalue weighted by Gasteiger charge is 2.40. The summed E-state index contributed by atoms with van der Waals surface area (Å²) in [6.45, 7) is 4.26. The quantitative estimate of drug-likeness (QED) is 0.878. The van der Waals surface area contributed by atoms with E-state index in [-0.39, 0.29) is 5.92 Å². The van der Waals surface area contributed by atoms with E-state index >= 15 is 0 Å². The number of nitrogens with one attached hydrogen (secondary N) is 1. The molecule has 3 heteroatoms. The van der Waals surface area contributed by atoms with Crippen LogP contribution in [0, 0.1) is 5.92 Å². The lowest BCUT2D eigenvalue weighted by atomic mass is 9.72. The molecule has 0 unspecified atom stereocenters. The molecule has 2 heterocycles. The van der Waals surface area contributed by atoms with Gasteiger partial charge in [0.25, 0.3) is 0 Å². The number of piperidine rings is 1. The van der Waals surface area contributed by atoms with Gasteiger partial charge in [0, 0.05) is 41.5 Å². The summed E-state index contributed by atoms with van der Waals surface area (Å²) in [6.07, 6.45) is 6.64. The van der Waals surface area contributed by atoms with Gasteiger partial charge in [0.05, 0.1) is 0 Å². The first-order chi connectivity index (χ1) is 10.3. The van der Waals surface area contributed by atoms with Gasteiger partial charge in [-0.05, 0) is 43.0 Å². The fourth-order valence-electron chi connectivity index (χ4n) is 4.48. The van der Waals surface area contributed by atoms with Gasteiger partial charge >= 0.3 is 0 Å². The average molecular weight is 282 g/mol. The van der Waals surface area contributed by atoms with Crippen LogP contribution in [0.4, 0.5) is 0 Å². The van der Waals surface area contributed by atoms with Crippen LogP contribution in [0.3, 0.4) is 0 Å². The lowest BCUT2D eigenvalue weighted by Crippen LogP contribution is -2.50. The molecule has 1 saturated heterocycles. The molecule has 0 saturated carbocycles. The normalized spacial score (nSPS) is 28.5. The summed E-state index contributed by atoms with van der Waals surface area (Å²) < 4.78 is 0. The molecular weight excluding hydrogens is 260 g/mol. The van der Waals surface area contributed by atoms with Gasteiger partial charge in [-0.2, -0.15) is 0 Å². The third kappa shape index (κ3) is 1.95. The van der Waals surface area contributed by atoms with Gasteiger partial charge in [-0.15, -0.1) is 0 Å². The minimum atomic E-state index is 0.188. The highest BCUT2D eigenvalue weighted by Crippen LogP contribution is 2.44. The first-order valence-electron chi connectivity index (χ1n) is 8.10. The van der Waals surface area contributed by atoms with E-state index < -0.39 is 0 Å². The maximum atomic E-state index is 11.4. The van der Waals surface area contributed by atoms with Crippen LogP contribution < -0.4 is 0 Å². The molecule has 0 bridgehead atoms. The van der Waals surface area contributed by atoms with Crippen molar-refractivity contribution in [2.24, 2.45) is 5.92 Å². The summed E-state index contributed by atoms with van der Waals surface area (Å²) in [5, 5.41) is 1.42. The lowest BCUT2D eigenvalue weighted by Gasteiger charge is -2.46. The third-order valence-electron chi connectivity index (χ3n) is 5.31. The Balaban J connectivity index is 1.81. The molecular formula is C18H22N2O. The standard InChI is InChI=1S/C18H22N2O/c1-2-6-20-10-12(11-21)7-15-14-4-3-5-16-18(14)13(9-19-16)8-17(15)20/h3-5,9,11-12,15,17,19H,2,6-8,10H2,1H3/t12-,15-,17-/m1/s1. The molecule has 1 aromatic heterocycles. The minimum Gasteiger partial charge on any atom is -0.361 e. The number of carbonyl (C=O) groups is 1. The molecule has 0 spiro atoms. The molecule has 4 rings (SSSR count). The van der Waals surface area contributed by atoms with E-state index in [1.165, 1.54) is 28.3 Å². The predicted octanol–water partition coefficient (Wildman–Crippen LogP) is 3.11. The fraction of sp³-hybridized carbons (Fsp3) is 0.500. The topological polar surface area (TPSA) is 36.1 Å². The molecule has 0 radical (unpaired) electrons. The summed E-state index contributed by atoms with van der Waals surface area (Å²) in [5.41, 5.74) is 4.15. The van der Waals surface area contributed by atoms with Crippen LogP contribution in [0.2, 0.25) is 0 Å². The van der Waals surface area contributed by atoms with Crippen LogP contribution in [0.15, 0.2) is 24.4 Å². The number of aromatic amines is 1. The lowest BCUT2D eigenvalue weighted by molar-refractivity contribution is -0.113. The minimum absolute atomic E-state index is 0.188.